The van der Waals surface area contributed by atoms with Gasteiger partial charge in [0, 0.05) is 41.7 Å². The van der Waals surface area contributed by atoms with Crippen LogP contribution in [0.5, 0.6) is 11.6 Å². The van der Waals surface area contributed by atoms with Crippen LogP contribution in [0.4, 0.5) is 0 Å². The predicted octanol–water partition coefficient (Wildman–Crippen LogP) is 4.96. The summed E-state index contributed by atoms with van der Waals surface area (Å²) < 4.78 is 5.40. The van der Waals surface area contributed by atoms with Gasteiger partial charge in [-0.05, 0) is 86.2 Å². The number of aromatic hydroxyl groups is 1. The summed E-state index contributed by atoms with van der Waals surface area (Å²) in [5, 5.41) is 13.6. The van der Waals surface area contributed by atoms with Crippen molar-refractivity contribution in [3.63, 3.8) is 0 Å². The zero-order valence-electron chi connectivity index (χ0n) is 22.5. The van der Waals surface area contributed by atoms with Crippen LogP contribution in [0.1, 0.15) is 46.0 Å². The number of rotatable bonds is 7. The molecule has 9 nitrogen and oxygen atoms in total. The Morgan fingerprint density at radius 2 is 1.93 bits per heavy atom. The molecule has 0 bridgehead atoms. The molecule has 1 aliphatic rings. The van der Waals surface area contributed by atoms with Crippen molar-refractivity contribution < 1.29 is 14.6 Å². The van der Waals surface area contributed by atoms with Crippen molar-refractivity contribution in [2.45, 2.75) is 39.0 Å². The maximum atomic E-state index is 12.9. The van der Waals surface area contributed by atoms with E-state index in [4.69, 9.17) is 9.72 Å². The molecule has 0 saturated heterocycles. The molecule has 1 amide bonds. The van der Waals surface area contributed by atoms with E-state index in [1.807, 2.05) is 25.1 Å². The summed E-state index contributed by atoms with van der Waals surface area (Å²) in [6.07, 6.45) is 6.67. The van der Waals surface area contributed by atoms with Gasteiger partial charge in [0.05, 0.1) is 23.7 Å². The largest absolute Gasteiger partial charge is 0.507 e. The molecule has 9 heteroatoms. The lowest BCUT2D eigenvalue weighted by molar-refractivity contribution is 0.0954. The number of phenolic OH excluding ortho intramolecular Hbond substituents is 1. The molecule has 40 heavy (non-hydrogen) atoms. The van der Waals surface area contributed by atoms with Gasteiger partial charge in [0.2, 0.25) is 5.88 Å². The van der Waals surface area contributed by atoms with Crippen molar-refractivity contribution in [2.75, 3.05) is 13.7 Å². The lowest BCUT2D eigenvalue weighted by Crippen LogP contribution is -2.26. The SMILES string of the molecule is COc1ncccc1-c1ccc(O)c(-c2nc3ccc(C(=O)NCCc4nc(C)c5c(n4)CCCC5)cc3[nH]2)c1. The fourth-order valence-electron chi connectivity index (χ4n) is 5.29. The summed E-state index contributed by atoms with van der Waals surface area (Å²) in [5.41, 5.74) is 7.58. The molecule has 0 spiro atoms. The van der Waals surface area contributed by atoms with E-state index in [0.29, 0.717) is 46.8 Å². The van der Waals surface area contributed by atoms with Gasteiger partial charge in [-0.25, -0.2) is 19.9 Å². The number of aromatic amines is 1. The Kier molecular flexibility index (Phi) is 6.86. The van der Waals surface area contributed by atoms with E-state index < -0.39 is 0 Å². The normalized spacial score (nSPS) is 12.8. The molecule has 0 saturated carbocycles. The first kappa shape index (κ1) is 25.5. The average Bonchev–Trinajstić information content (AvgIpc) is 3.41. The van der Waals surface area contributed by atoms with E-state index in [2.05, 4.69) is 25.3 Å². The van der Waals surface area contributed by atoms with Crippen LogP contribution in [-0.2, 0) is 19.3 Å². The highest BCUT2D eigenvalue weighted by molar-refractivity contribution is 5.97. The number of aryl methyl sites for hydroxylation is 2. The van der Waals surface area contributed by atoms with Crippen molar-refractivity contribution in [2.24, 2.45) is 0 Å². The molecule has 0 atom stereocenters. The minimum absolute atomic E-state index is 0.0864. The second-order valence-corrected chi connectivity index (χ2v) is 9.97. The molecular weight excluding hydrogens is 504 g/mol. The van der Waals surface area contributed by atoms with Crippen LogP contribution in [0.2, 0.25) is 0 Å². The molecule has 5 aromatic rings. The number of phenols is 1. The number of H-pyrrole nitrogens is 1. The zero-order chi connectivity index (χ0) is 27.6. The number of hydrogen-bond donors (Lipinski definition) is 3. The summed E-state index contributed by atoms with van der Waals surface area (Å²) in [7, 11) is 1.57. The maximum Gasteiger partial charge on any atom is 0.251 e. The van der Waals surface area contributed by atoms with Crippen LogP contribution in [0.15, 0.2) is 54.7 Å². The van der Waals surface area contributed by atoms with Crippen LogP contribution in [0, 0.1) is 6.92 Å². The Morgan fingerprint density at radius 3 is 2.80 bits per heavy atom. The number of nitrogens with zero attached hydrogens (tertiary/aromatic N) is 4. The van der Waals surface area contributed by atoms with Crippen molar-refractivity contribution in [1.29, 1.82) is 0 Å². The Bertz CT molecular complexity index is 1730. The van der Waals surface area contributed by atoms with Crippen LogP contribution < -0.4 is 10.1 Å². The van der Waals surface area contributed by atoms with E-state index in [-0.39, 0.29) is 11.7 Å². The number of fused-ring (bicyclic) bond motifs is 2. The number of pyridine rings is 1. The number of amides is 1. The highest BCUT2D eigenvalue weighted by atomic mass is 16.5. The molecule has 3 N–H and O–H groups in total. The van der Waals surface area contributed by atoms with Crippen molar-refractivity contribution in [3.8, 4) is 34.1 Å². The highest BCUT2D eigenvalue weighted by Gasteiger charge is 2.17. The molecule has 1 aliphatic carbocycles. The van der Waals surface area contributed by atoms with Gasteiger partial charge in [-0.1, -0.05) is 6.07 Å². The fraction of sp³-hybridized carbons (Fsp3) is 0.258. The first-order valence-corrected chi connectivity index (χ1v) is 13.5. The van der Waals surface area contributed by atoms with Gasteiger partial charge in [0.25, 0.3) is 5.91 Å². The number of nitrogens with one attached hydrogen (secondary N) is 2. The maximum absolute atomic E-state index is 12.9. The molecule has 3 aromatic heterocycles. The highest BCUT2D eigenvalue weighted by Crippen LogP contribution is 2.35. The first-order valence-electron chi connectivity index (χ1n) is 13.5. The van der Waals surface area contributed by atoms with E-state index in [1.54, 1.807) is 43.6 Å². The van der Waals surface area contributed by atoms with Crippen LogP contribution in [-0.4, -0.2) is 49.6 Å². The van der Waals surface area contributed by atoms with Crippen LogP contribution in [0.25, 0.3) is 33.5 Å². The van der Waals surface area contributed by atoms with E-state index in [9.17, 15) is 9.90 Å². The summed E-state index contributed by atoms with van der Waals surface area (Å²) >= 11 is 0. The monoisotopic (exact) mass is 534 g/mol. The van der Waals surface area contributed by atoms with Crippen molar-refractivity contribution >= 4 is 16.9 Å². The smallest absolute Gasteiger partial charge is 0.251 e. The number of carbonyl (C=O) groups excluding carboxylic acids is 1. The molecule has 202 valence electrons. The zero-order valence-corrected chi connectivity index (χ0v) is 22.5. The molecule has 0 fully saturated rings. The minimum Gasteiger partial charge on any atom is -0.507 e. The van der Waals surface area contributed by atoms with Gasteiger partial charge in [-0.2, -0.15) is 0 Å². The number of benzene rings is 2. The summed E-state index contributed by atoms with van der Waals surface area (Å²) in [6.45, 7) is 2.50. The third-order valence-electron chi connectivity index (χ3n) is 7.34. The van der Waals surface area contributed by atoms with Gasteiger partial charge in [-0.3, -0.25) is 4.79 Å². The number of carbonyl (C=O) groups is 1. The topological polar surface area (TPSA) is 126 Å². The van der Waals surface area contributed by atoms with Gasteiger partial charge < -0.3 is 20.1 Å². The Balaban J connectivity index is 1.19. The quantitative estimate of drug-likeness (QED) is 0.270. The molecule has 6 rings (SSSR count). The number of hydrogen-bond acceptors (Lipinski definition) is 7. The molecule has 0 unspecified atom stereocenters. The van der Waals surface area contributed by atoms with E-state index in [0.717, 1.165) is 41.2 Å². The summed E-state index contributed by atoms with van der Waals surface area (Å²) in [5.74, 6) is 1.67. The van der Waals surface area contributed by atoms with E-state index >= 15 is 0 Å². The molecule has 0 aliphatic heterocycles. The van der Waals surface area contributed by atoms with Gasteiger partial charge >= 0.3 is 0 Å². The molecule has 2 aromatic carbocycles. The Hall–Kier alpha value is -4.79. The number of ether oxygens (including phenoxy) is 1. The second kappa shape index (κ2) is 10.8. The van der Waals surface area contributed by atoms with Gasteiger partial charge in [0.15, 0.2) is 0 Å². The third kappa shape index (κ3) is 4.98. The third-order valence-corrected chi connectivity index (χ3v) is 7.34. The lowest BCUT2D eigenvalue weighted by atomic mass is 9.95. The Morgan fingerprint density at radius 1 is 1.05 bits per heavy atom. The molecule has 3 heterocycles. The van der Waals surface area contributed by atoms with Crippen LogP contribution in [0.3, 0.4) is 0 Å². The Labute approximate surface area is 231 Å². The average molecular weight is 535 g/mol. The lowest BCUT2D eigenvalue weighted by Gasteiger charge is -2.17. The van der Waals surface area contributed by atoms with Gasteiger partial charge in [-0.15, -0.1) is 0 Å². The van der Waals surface area contributed by atoms with Crippen LogP contribution >= 0.6 is 0 Å². The predicted molar refractivity (Wildman–Crippen MR) is 152 cm³/mol. The standard InChI is InChI=1S/C31H30N6O3/c1-18-21-6-3-4-8-24(21)35-28(34-18)13-15-32-30(39)20-9-11-25-26(17-20)37-29(36-25)23-16-19(10-12-27(23)38)22-7-5-14-33-31(22)40-2/h5,7,9-12,14,16-17,38H,3-4,6,8,13,15H2,1-2H3,(H,32,39)(H,36,37). The minimum atomic E-state index is -0.179. The van der Waals surface area contributed by atoms with E-state index in [1.165, 1.54) is 18.4 Å². The number of imidazole rings is 1. The molecule has 0 radical (unpaired) electrons. The molecular formula is C31H30N6O3. The summed E-state index contributed by atoms with van der Waals surface area (Å²) in [4.78, 5) is 34.5. The van der Waals surface area contributed by atoms with Crippen molar-refractivity contribution in [1.82, 2.24) is 30.2 Å². The fourth-order valence-corrected chi connectivity index (χ4v) is 5.29. The summed E-state index contributed by atoms with van der Waals surface area (Å²) in [6, 6.07) is 14.3. The van der Waals surface area contributed by atoms with Crippen molar-refractivity contribution in [3.05, 3.63) is 83.1 Å². The number of methoxy groups -OCH3 is 1. The second-order valence-electron chi connectivity index (χ2n) is 9.97. The van der Waals surface area contributed by atoms with Gasteiger partial charge in [0.1, 0.15) is 17.4 Å². The number of aromatic nitrogens is 5. The first-order chi connectivity index (χ1) is 19.5.